The van der Waals surface area contributed by atoms with Gasteiger partial charge in [0, 0.05) is 11.8 Å². The zero-order chi connectivity index (χ0) is 14.8. The summed E-state index contributed by atoms with van der Waals surface area (Å²) in [5.74, 6) is 0.884. The van der Waals surface area contributed by atoms with Gasteiger partial charge in [-0.05, 0) is 24.3 Å². The van der Waals surface area contributed by atoms with E-state index in [1.54, 1.807) is 30.3 Å². The van der Waals surface area contributed by atoms with Gasteiger partial charge in [0.05, 0.1) is 7.11 Å². The quantitative estimate of drug-likeness (QED) is 0.906. The minimum Gasteiger partial charge on any atom is -0.507 e. The number of ether oxygens (including phenoxy) is 3. The number of benzene rings is 2. The first-order chi connectivity index (χ1) is 10.2. The van der Waals surface area contributed by atoms with E-state index in [4.69, 9.17) is 14.2 Å². The van der Waals surface area contributed by atoms with Crippen LogP contribution in [0.3, 0.4) is 0 Å². The second-order valence-electron chi connectivity index (χ2n) is 4.38. The van der Waals surface area contributed by atoms with Crippen molar-refractivity contribution in [2.75, 3.05) is 19.2 Å². The van der Waals surface area contributed by atoms with Crippen molar-refractivity contribution < 1.29 is 24.1 Å². The van der Waals surface area contributed by atoms with E-state index < -0.39 is 5.91 Å². The van der Waals surface area contributed by atoms with Gasteiger partial charge in [0.1, 0.15) is 17.1 Å². The lowest BCUT2D eigenvalue weighted by atomic mass is 10.1. The van der Waals surface area contributed by atoms with Gasteiger partial charge < -0.3 is 24.6 Å². The summed E-state index contributed by atoms with van der Waals surface area (Å²) in [6.07, 6.45) is 0. The second kappa shape index (κ2) is 5.24. The van der Waals surface area contributed by atoms with Crippen molar-refractivity contribution in [2.24, 2.45) is 0 Å². The van der Waals surface area contributed by atoms with E-state index in [1.807, 2.05) is 0 Å². The minimum absolute atomic E-state index is 0.0812. The maximum atomic E-state index is 12.3. The minimum atomic E-state index is -0.469. The number of amides is 1. The molecule has 2 aromatic rings. The highest BCUT2D eigenvalue weighted by molar-refractivity contribution is 6.08. The summed E-state index contributed by atoms with van der Waals surface area (Å²) >= 11 is 0. The molecule has 0 saturated heterocycles. The van der Waals surface area contributed by atoms with Crippen molar-refractivity contribution in [1.29, 1.82) is 0 Å². The molecule has 1 aliphatic heterocycles. The largest absolute Gasteiger partial charge is 0.507 e. The maximum absolute atomic E-state index is 12.3. The van der Waals surface area contributed by atoms with Gasteiger partial charge in [-0.2, -0.15) is 0 Å². The van der Waals surface area contributed by atoms with E-state index in [-0.39, 0.29) is 18.1 Å². The van der Waals surface area contributed by atoms with Gasteiger partial charge in [-0.25, -0.2) is 0 Å². The zero-order valence-electron chi connectivity index (χ0n) is 11.3. The number of carbonyl (C=O) groups excluding carboxylic acids is 1. The Kier molecular flexibility index (Phi) is 3.27. The summed E-state index contributed by atoms with van der Waals surface area (Å²) in [6.45, 7) is 0.167. The number of methoxy groups -OCH3 is 1. The Morgan fingerprint density at radius 2 is 2.05 bits per heavy atom. The number of rotatable bonds is 3. The number of phenolic OH excluding ortho intramolecular Hbond substituents is 1. The smallest absolute Gasteiger partial charge is 0.263 e. The zero-order valence-corrected chi connectivity index (χ0v) is 11.3. The molecule has 0 unspecified atom stereocenters. The summed E-state index contributed by atoms with van der Waals surface area (Å²) in [5, 5.41) is 12.5. The third kappa shape index (κ3) is 2.43. The van der Waals surface area contributed by atoms with Gasteiger partial charge in [0.15, 0.2) is 11.5 Å². The Morgan fingerprint density at radius 1 is 1.24 bits per heavy atom. The van der Waals surface area contributed by atoms with E-state index in [0.29, 0.717) is 22.9 Å². The Bertz CT molecular complexity index is 698. The Balaban J connectivity index is 1.87. The van der Waals surface area contributed by atoms with E-state index in [0.717, 1.165) is 0 Å². The molecule has 1 heterocycles. The number of hydrogen-bond donors (Lipinski definition) is 2. The van der Waals surface area contributed by atoms with Gasteiger partial charge in [-0.15, -0.1) is 0 Å². The molecule has 2 N–H and O–H groups in total. The van der Waals surface area contributed by atoms with Crippen molar-refractivity contribution in [3.63, 3.8) is 0 Å². The fraction of sp³-hybridized carbons (Fsp3) is 0.133. The van der Waals surface area contributed by atoms with Gasteiger partial charge in [0.25, 0.3) is 5.91 Å². The summed E-state index contributed by atoms with van der Waals surface area (Å²) in [4.78, 5) is 12.3. The Hall–Kier alpha value is -2.89. The monoisotopic (exact) mass is 287 g/mol. The van der Waals surface area contributed by atoms with Gasteiger partial charge in [-0.1, -0.05) is 6.07 Å². The molecule has 0 spiro atoms. The lowest BCUT2D eigenvalue weighted by molar-refractivity contribution is 0.102. The molecule has 0 atom stereocenters. The number of aromatic hydroxyl groups is 1. The molecule has 1 amide bonds. The number of nitrogens with one attached hydrogen (secondary N) is 1. The van der Waals surface area contributed by atoms with Crippen LogP contribution in [-0.4, -0.2) is 24.9 Å². The lowest BCUT2D eigenvalue weighted by Crippen LogP contribution is -2.13. The van der Waals surface area contributed by atoms with Gasteiger partial charge in [0.2, 0.25) is 6.79 Å². The Labute approximate surface area is 120 Å². The number of carbonyl (C=O) groups is 1. The van der Waals surface area contributed by atoms with Crippen LogP contribution in [-0.2, 0) is 0 Å². The molecule has 0 saturated carbocycles. The Morgan fingerprint density at radius 3 is 2.86 bits per heavy atom. The van der Waals surface area contributed by atoms with Crippen molar-refractivity contribution >= 4 is 11.6 Å². The number of fused-ring (bicyclic) bond motifs is 1. The van der Waals surface area contributed by atoms with Gasteiger partial charge >= 0.3 is 0 Å². The van der Waals surface area contributed by atoms with Crippen molar-refractivity contribution in [3.05, 3.63) is 42.0 Å². The molecule has 3 rings (SSSR count). The summed E-state index contributed by atoms with van der Waals surface area (Å²) < 4.78 is 15.5. The van der Waals surface area contributed by atoms with E-state index >= 15 is 0 Å². The van der Waals surface area contributed by atoms with Crippen LogP contribution >= 0.6 is 0 Å². The second-order valence-corrected chi connectivity index (χ2v) is 4.38. The van der Waals surface area contributed by atoms with Crippen molar-refractivity contribution in [1.82, 2.24) is 0 Å². The standard InChI is InChI=1S/C15H13NO5/c1-19-12-4-2-3-10(17)14(12)15(18)16-9-5-6-11-13(7-9)21-8-20-11/h2-7,17H,8H2,1H3,(H,16,18). The normalized spacial score (nSPS) is 12.0. The van der Waals surface area contributed by atoms with Crippen LogP contribution < -0.4 is 19.5 Å². The van der Waals surface area contributed by atoms with E-state index in [1.165, 1.54) is 13.2 Å². The average Bonchev–Trinajstić information content (AvgIpc) is 2.94. The third-order valence-electron chi connectivity index (χ3n) is 3.08. The molecule has 6 heteroatoms. The van der Waals surface area contributed by atoms with Crippen LogP contribution in [0.25, 0.3) is 0 Å². The number of anilines is 1. The average molecular weight is 287 g/mol. The van der Waals surface area contributed by atoms with E-state index in [2.05, 4.69) is 5.32 Å². The molecular weight excluding hydrogens is 274 g/mol. The molecule has 0 radical (unpaired) electrons. The first-order valence-electron chi connectivity index (χ1n) is 6.26. The lowest BCUT2D eigenvalue weighted by Gasteiger charge is -2.11. The molecule has 108 valence electrons. The maximum Gasteiger partial charge on any atom is 0.263 e. The summed E-state index contributed by atoms with van der Waals surface area (Å²) in [7, 11) is 1.44. The predicted octanol–water partition coefficient (Wildman–Crippen LogP) is 2.38. The van der Waals surface area contributed by atoms with Gasteiger partial charge in [-0.3, -0.25) is 4.79 Å². The van der Waals surface area contributed by atoms with Crippen LogP contribution in [0.2, 0.25) is 0 Å². The highest BCUT2D eigenvalue weighted by Gasteiger charge is 2.19. The van der Waals surface area contributed by atoms with Crippen LogP contribution in [0, 0.1) is 0 Å². The molecule has 21 heavy (non-hydrogen) atoms. The SMILES string of the molecule is COc1cccc(O)c1C(=O)Nc1ccc2c(c1)OCO2. The summed E-state index contributed by atoms with van der Waals surface area (Å²) in [6, 6.07) is 9.70. The molecule has 2 aromatic carbocycles. The number of phenols is 1. The molecule has 0 aliphatic carbocycles. The molecule has 0 fully saturated rings. The molecule has 0 bridgehead atoms. The summed E-state index contributed by atoms with van der Waals surface area (Å²) in [5.41, 5.74) is 0.618. The topological polar surface area (TPSA) is 77.0 Å². The van der Waals surface area contributed by atoms with Crippen LogP contribution in [0.1, 0.15) is 10.4 Å². The van der Waals surface area contributed by atoms with Crippen molar-refractivity contribution in [2.45, 2.75) is 0 Å². The highest BCUT2D eigenvalue weighted by atomic mass is 16.7. The predicted molar refractivity (Wildman–Crippen MR) is 75.2 cm³/mol. The molecule has 6 nitrogen and oxygen atoms in total. The van der Waals surface area contributed by atoms with Crippen LogP contribution in [0.5, 0.6) is 23.0 Å². The number of hydrogen-bond acceptors (Lipinski definition) is 5. The first-order valence-corrected chi connectivity index (χ1v) is 6.26. The third-order valence-corrected chi connectivity index (χ3v) is 3.08. The molecule has 1 aliphatic rings. The fourth-order valence-corrected chi connectivity index (χ4v) is 2.09. The fourth-order valence-electron chi connectivity index (χ4n) is 2.09. The van der Waals surface area contributed by atoms with Crippen LogP contribution in [0.4, 0.5) is 5.69 Å². The first kappa shape index (κ1) is 13.1. The van der Waals surface area contributed by atoms with Crippen LogP contribution in [0.15, 0.2) is 36.4 Å². The van der Waals surface area contributed by atoms with E-state index in [9.17, 15) is 9.90 Å². The van der Waals surface area contributed by atoms with Crippen molar-refractivity contribution in [3.8, 4) is 23.0 Å². The molecular formula is C15H13NO5. The molecule has 0 aromatic heterocycles. The highest BCUT2D eigenvalue weighted by Crippen LogP contribution is 2.35.